The maximum Gasteiger partial charge on any atom is 0.255 e. The molecule has 1 fully saturated rings. The first-order valence-electron chi connectivity index (χ1n) is 11.5. The van der Waals surface area contributed by atoms with E-state index < -0.39 is 0 Å². The first kappa shape index (κ1) is 24.1. The number of rotatable bonds is 8. The second-order valence-corrected chi connectivity index (χ2v) is 8.31. The number of amides is 1. The van der Waals surface area contributed by atoms with Crippen LogP contribution in [0.3, 0.4) is 0 Å². The third-order valence-corrected chi connectivity index (χ3v) is 6.29. The molecule has 1 heterocycles. The molecule has 174 valence electrons. The molecular formula is C26H33N5O2. The first-order valence-corrected chi connectivity index (χ1v) is 11.5. The van der Waals surface area contributed by atoms with Crippen LogP contribution in [-0.4, -0.2) is 50.1 Å². The Bertz CT molecular complexity index is 976. The van der Waals surface area contributed by atoms with Crippen LogP contribution >= 0.6 is 0 Å². The van der Waals surface area contributed by atoms with Gasteiger partial charge in [0.15, 0.2) is 6.19 Å². The van der Waals surface area contributed by atoms with Gasteiger partial charge in [-0.15, -0.1) is 0 Å². The van der Waals surface area contributed by atoms with Gasteiger partial charge < -0.3 is 15.0 Å². The molecular weight excluding hydrogens is 414 g/mol. The van der Waals surface area contributed by atoms with Crippen LogP contribution in [0.4, 0.5) is 0 Å². The summed E-state index contributed by atoms with van der Waals surface area (Å²) in [7, 11) is 1.57. The van der Waals surface area contributed by atoms with Crippen LogP contribution in [0.1, 0.15) is 48.5 Å². The lowest BCUT2D eigenvalue weighted by atomic mass is 9.72. The monoisotopic (exact) mass is 447 g/mol. The second-order valence-electron chi connectivity index (χ2n) is 8.31. The van der Waals surface area contributed by atoms with Crippen molar-refractivity contribution in [1.29, 1.82) is 5.26 Å². The fourth-order valence-electron chi connectivity index (χ4n) is 4.29. The van der Waals surface area contributed by atoms with Crippen molar-refractivity contribution >= 4 is 11.9 Å². The molecule has 1 amide bonds. The van der Waals surface area contributed by atoms with Gasteiger partial charge in [0.1, 0.15) is 5.75 Å². The van der Waals surface area contributed by atoms with Crippen molar-refractivity contribution in [1.82, 2.24) is 15.5 Å². The molecule has 1 aliphatic rings. The van der Waals surface area contributed by atoms with Crippen molar-refractivity contribution in [3.8, 4) is 11.9 Å². The maximum atomic E-state index is 13.0. The van der Waals surface area contributed by atoms with E-state index in [1.54, 1.807) is 19.2 Å². The van der Waals surface area contributed by atoms with Crippen molar-refractivity contribution < 1.29 is 9.53 Å². The van der Waals surface area contributed by atoms with Gasteiger partial charge in [-0.25, -0.2) is 0 Å². The first-order chi connectivity index (χ1) is 16.1. The number of nitrogens with one attached hydrogen (secondary N) is 2. The predicted octanol–water partition coefficient (Wildman–Crippen LogP) is 3.69. The molecule has 2 aromatic carbocycles. The van der Waals surface area contributed by atoms with Crippen molar-refractivity contribution in [2.75, 3.05) is 33.3 Å². The van der Waals surface area contributed by atoms with Crippen molar-refractivity contribution in [3.63, 3.8) is 0 Å². The van der Waals surface area contributed by atoms with Gasteiger partial charge >= 0.3 is 0 Å². The van der Waals surface area contributed by atoms with E-state index in [1.165, 1.54) is 5.56 Å². The predicted molar refractivity (Wildman–Crippen MR) is 130 cm³/mol. The minimum Gasteiger partial charge on any atom is -0.496 e. The summed E-state index contributed by atoms with van der Waals surface area (Å²) < 4.78 is 5.36. The molecule has 1 aliphatic heterocycles. The highest BCUT2D eigenvalue weighted by molar-refractivity contribution is 5.97. The van der Waals surface area contributed by atoms with Gasteiger partial charge in [-0.2, -0.15) is 5.26 Å². The number of aliphatic imine (C=N–C) groups is 1. The standard InChI is InChI=1S/C26H33N5O2/c1-3-4-16-28-25(30-20-27)31-17-14-26(15-18-31,21-10-6-5-7-11-21)19-29-24(32)22-12-8-9-13-23(22)33-2/h5-13H,3-4,14-19H2,1-2H3,(H,28,30)(H,29,32). The molecule has 0 saturated carbocycles. The summed E-state index contributed by atoms with van der Waals surface area (Å²) in [5, 5.41) is 15.1. The Hall–Kier alpha value is -3.53. The minimum absolute atomic E-state index is 0.141. The zero-order chi connectivity index (χ0) is 23.5. The number of methoxy groups -OCH3 is 1. The Morgan fingerprint density at radius 2 is 1.85 bits per heavy atom. The average Bonchev–Trinajstić information content (AvgIpc) is 2.87. The number of hydrogen-bond donors (Lipinski definition) is 2. The summed E-state index contributed by atoms with van der Waals surface area (Å²) in [5.41, 5.74) is 1.54. The number of nitrogens with zero attached hydrogens (tertiary/aromatic N) is 3. The van der Waals surface area contributed by atoms with E-state index in [0.29, 0.717) is 30.4 Å². The van der Waals surface area contributed by atoms with Gasteiger partial charge in [-0.3, -0.25) is 15.1 Å². The summed E-state index contributed by atoms with van der Waals surface area (Å²) in [4.78, 5) is 19.7. The largest absolute Gasteiger partial charge is 0.496 e. The van der Waals surface area contributed by atoms with Crippen LogP contribution in [-0.2, 0) is 5.41 Å². The van der Waals surface area contributed by atoms with Gasteiger partial charge in [-0.1, -0.05) is 55.8 Å². The van der Waals surface area contributed by atoms with Gasteiger partial charge in [-0.05, 0) is 37.0 Å². The molecule has 33 heavy (non-hydrogen) atoms. The van der Waals surface area contributed by atoms with E-state index in [9.17, 15) is 10.1 Å². The number of hydrogen-bond acceptors (Lipinski definition) is 4. The zero-order valence-corrected chi connectivity index (χ0v) is 19.5. The molecule has 7 nitrogen and oxygen atoms in total. The van der Waals surface area contributed by atoms with E-state index in [2.05, 4.69) is 39.6 Å². The summed E-state index contributed by atoms with van der Waals surface area (Å²) in [5.74, 6) is 1.07. The average molecular weight is 448 g/mol. The number of piperidine rings is 1. The molecule has 2 aromatic rings. The third-order valence-electron chi connectivity index (χ3n) is 6.29. The van der Waals surface area contributed by atoms with Crippen molar-refractivity contribution in [3.05, 3.63) is 65.7 Å². The van der Waals surface area contributed by atoms with Crippen LogP contribution in [0.25, 0.3) is 0 Å². The number of ether oxygens (including phenoxy) is 1. The quantitative estimate of drug-likeness (QED) is 0.212. The number of nitriles is 1. The van der Waals surface area contributed by atoms with E-state index in [4.69, 9.17) is 4.74 Å². The molecule has 0 radical (unpaired) electrons. The van der Waals surface area contributed by atoms with Crippen molar-refractivity contribution in [2.24, 2.45) is 4.99 Å². The van der Waals surface area contributed by atoms with Crippen LogP contribution in [0.2, 0.25) is 0 Å². The minimum atomic E-state index is -0.198. The molecule has 0 aromatic heterocycles. The molecule has 0 bridgehead atoms. The molecule has 7 heteroatoms. The molecule has 0 spiro atoms. The molecule has 0 unspecified atom stereocenters. The number of guanidine groups is 1. The molecule has 3 rings (SSSR count). The highest BCUT2D eigenvalue weighted by Crippen LogP contribution is 2.35. The number of carbonyl (C=O) groups excluding carboxylic acids is 1. The smallest absolute Gasteiger partial charge is 0.255 e. The van der Waals surface area contributed by atoms with E-state index in [0.717, 1.165) is 38.8 Å². The number of likely N-dealkylation sites (tertiary alicyclic amines) is 1. The Morgan fingerprint density at radius 3 is 2.52 bits per heavy atom. The van der Waals surface area contributed by atoms with Gasteiger partial charge in [0.25, 0.3) is 5.91 Å². The summed E-state index contributed by atoms with van der Waals surface area (Å²) in [6.07, 6.45) is 5.75. The van der Waals surface area contributed by atoms with Crippen LogP contribution in [0, 0.1) is 11.5 Å². The molecule has 0 aliphatic carbocycles. The van der Waals surface area contributed by atoms with Gasteiger partial charge in [0, 0.05) is 31.6 Å². The van der Waals surface area contributed by atoms with Crippen molar-refractivity contribution in [2.45, 2.75) is 38.0 Å². The Balaban J connectivity index is 1.76. The molecule has 2 N–H and O–H groups in total. The zero-order valence-electron chi connectivity index (χ0n) is 19.5. The van der Waals surface area contributed by atoms with Crippen LogP contribution in [0.5, 0.6) is 5.75 Å². The SMILES string of the molecule is CCCCN=C(NC#N)N1CCC(CNC(=O)c2ccccc2OC)(c2ccccc2)CC1. The van der Waals surface area contributed by atoms with E-state index in [1.807, 2.05) is 36.5 Å². The number of carbonyl (C=O) groups is 1. The highest BCUT2D eigenvalue weighted by Gasteiger charge is 2.37. The van der Waals surface area contributed by atoms with E-state index >= 15 is 0 Å². The molecule has 1 saturated heterocycles. The number of unbranched alkanes of at least 4 members (excludes halogenated alkanes) is 1. The van der Waals surface area contributed by atoms with Crippen LogP contribution in [0.15, 0.2) is 59.6 Å². The van der Waals surface area contributed by atoms with Gasteiger partial charge in [0.2, 0.25) is 5.96 Å². The lowest BCUT2D eigenvalue weighted by molar-refractivity contribution is 0.0929. The summed E-state index contributed by atoms with van der Waals surface area (Å²) in [6, 6.07) is 17.6. The second kappa shape index (κ2) is 11.9. The van der Waals surface area contributed by atoms with Crippen LogP contribution < -0.4 is 15.4 Å². The number of benzene rings is 2. The highest BCUT2D eigenvalue weighted by atomic mass is 16.5. The summed E-state index contributed by atoms with van der Waals surface area (Å²) >= 11 is 0. The van der Waals surface area contributed by atoms with Gasteiger partial charge in [0.05, 0.1) is 12.7 Å². The third kappa shape index (κ3) is 6.04. The van der Waals surface area contributed by atoms with E-state index in [-0.39, 0.29) is 11.3 Å². The Kier molecular flexibility index (Phi) is 8.71. The lowest BCUT2D eigenvalue weighted by Gasteiger charge is -2.43. The maximum absolute atomic E-state index is 13.0. The summed E-state index contributed by atoms with van der Waals surface area (Å²) in [6.45, 7) is 4.85. The Labute approximate surface area is 196 Å². The fraction of sp³-hybridized carbons (Fsp3) is 0.423. The normalized spacial score (nSPS) is 15.4. The number of para-hydroxylation sites is 1. The lowest BCUT2D eigenvalue weighted by Crippen LogP contribution is -2.52. The molecule has 0 atom stereocenters. The topological polar surface area (TPSA) is 89.8 Å². The fourth-order valence-corrected chi connectivity index (χ4v) is 4.29. The Morgan fingerprint density at radius 1 is 1.15 bits per heavy atom.